The van der Waals surface area contributed by atoms with Crippen LogP contribution in [0.1, 0.15) is 35.6 Å². The molecule has 3 heterocycles. The lowest BCUT2D eigenvalue weighted by atomic mass is 9.98. The Bertz CT molecular complexity index is 620. The van der Waals surface area contributed by atoms with Gasteiger partial charge in [-0.3, -0.25) is 9.69 Å². The molecule has 4 nitrogen and oxygen atoms in total. The maximum atomic E-state index is 12.5. The summed E-state index contributed by atoms with van der Waals surface area (Å²) in [7, 11) is 1.84. The molecule has 1 atom stereocenters. The maximum absolute atomic E-state index is 12.5. The van der Waals surface area contributed by atoms with E-state index in [-0.39, 0.29) is 5.91 Å². The minimum absolute atomic E-state index is 0.147. The van der Waals surface area contributed by atoms with Crippen LogP contribution in [0.25, 0.3) is 0 Å². The number of fused-ring (bicyclic) bond motifs is 1. The van der Waals surface area contributed by atoms with Gasteiger partial charge >= 0.3 is 0 Å². The molecule has 0 radical (unpaired) electrons. The summed E-state index contributed by atoms with van der Waals surface area (Å²) in [5.74, 6) is 0.968. The van der Waals surface area contributed by atoms with E-state index >= 15 is 0 Å². The van der Waals surface area contributed by atoms with Crippen molar-refractivity contribution in [2.24, 2.45) is 0 Å². The van der Waals surface area contributed by atoms with Gasteiger partial charge in [0.2, 0.25) is 5.91 Å². The number of hydrogen-bond donors (Lipinski definition) is 0. The van der Waals surface area contributed by atoms with Crippen LogP contribution >= 0.6 is 11.3 Å². The maximum Gasteiger partial charge on any atom is 0.236 e. The summed E-state index contributed by atoms with van der Waals surface area (Å²) in [4.78, 5) is 18.0. The van der Waals surface area contributed by atoms with Crippen molar-refractivity contribution in [3.8, 4) is 0 Å². The lowest BCUT2D eigenvalue weighted by Gasteiger charge is -2.35. The molecule has 0 N–H and O–H groups in total. The van der Waals surface area contributed by atoms with E-state index in [1.54, 1.807) is 11.2 Å². The monoisotopic (exact) mass is 318 g/mol. The summed E-state index contributed by atoms with van der Waals surface area (Å²) >= 11 is 1.84. The molecular formula is C17H22N2O2S. The van der Waals surface area contributed by atoms with Crippen molar-refractivity contribution in [3.63, 3.8) is 0 Å². The molecule has 0 saturated heterocycles. The van der Waals surface area contributed by atoms with Crippen molar-refractivity contribution in [1.82, 2.24) is 9.80 Å². The van der Waals surface area contributed by atoms with Gasteiger partial charge in [-0.1, -0.05) is 6.92 Å². The first-order valence-corrected chi connectivity index (χ1v) is 8.63. The topological polar surface area (TPSA) is 36.7 Å². The molecule has 1 aliphatic heterocycles. The molecule has 0 spiro atoms. The predicted octanol–water partition coefficient (Wildman–Crippen LogP) is 3.31. The van der Waals surface area contributed by atoms with E-state index in [0.29, 0.717) is 19.1 Å². The zero-order chi connectivity index (χ0) is 15.5. The van der Waals surface area contributed by atoms with E-state index in [9.17, 15) is 4.79 Å². The summed E-state index contributed by atoms with van der Waals surface area (Å²) in [5, 5.41) is 2.17. The van der Waals surface area contributed by atoms with Gasteiger partial charge in [-0.05, 0) is 42.0 Å². The third-order valence-corrected chi connectivity index (χ3v) is 5.33. The highest BCUT2D eigenvalue weighted by Gasteiger charge is 2.28. The Morgan fingerprint density at radius 3 is 3.09 bits per heavy atom. The van der Waals surface area contributed by atoms with Crippen molar-refractivity contribution in [3.05, 3.63) is 46.0 Å². The molecule has 3 rings (SSSR count). The highest BCUT2D eigenvalue weighted by atomic mass is 32.1. The lowest BCUT2D eigenvalue weighted by Crippen LogP contribution is -2.42. The molecule has 0 fully saturated rings. The van der Waals surface area contributed by atoms with Crippen LogP contribution in [0, 0.1) is 0 Å². The van der Waals surface area contributed by atoms with Crippen LogP contribution in [-0.4, -0.2) is 35.8 Å². The van der Waals surface area contributed by atoms with Crippen molar-refractivity contribution in [2.45, 2.75) is 32.4 Å². The van der Waals surface area contributed by atoms with Crippen molar-refractivity contribution >= 4 is 17.2 Å². The largest absolute Gasteiger partial charge is 0.467 e. The standard InChI is InChI=1S/C17H22N2O2S/c1-3-15-14-7-10-22-16(14)6-8-19(15)12-17(20)18(2)11-13-5-4-9-21-13/h4-5,7,9-10,15H,3,6,8,11-12H2,1-2H3/t15-/m1/s1. The SMILES string of the molecule is CC[C@@H]1c2ccsc2CCN1CC(=O)N(C)Cc1ccco1. The third kappa shape index (κ3) is 3.10. The van der Waals surface area contributed by atoms with Crippen molar-refractivity contribution in [1.29, 1.82) is 0 Å². The number of carbonyl (C=O) groups excluding carboxylic acids is 1. The first-order chi connectivity index (χ1) is 10.7. The Balaban J connectivity index is 1.63. The Kier molecular flexibility index (Phi) is 4.64. The summed E-state index contributed by atoms with van der Waals surface area (Å²) in [6.07, 6.45) is 3.74. The molecular weight excluding hydrogens is 296 g/mol. The van der Waals surface area contributed by atoms with Gasteiger partial charge in [0.25, 0.3) is 0 Å². The minimum atomic E-state index is 0.147. The number of carbonyl (C=O) groups is 1. The quantitative estimate of drug-likeness (QED) is 0.848. The molecule has 0 saturated carbocycles. The fourth-order valence-electron chi connectivity index (χ4n) is 3.13. The van der Waals surface area contributed by atoms with E-state index in [4.69, 9.17) is 4.42 Å². The van der Waals surface area contributed by atoms with E-state index < -0.39 is 0 Å². The molecule has 5 heteroatoms. The van der Waals surface area contributed by atoms with E-state index in [1.165, 1.54) is 10.4 Å². The smallest absolute Gasteiger partial charge is 0.236 e. The number of hydrogen-bond acceptors (Lipinski definition) is 4. The number of nitrogens with zero attached hydrogens (tertiary/aromatic N) is 2. The molecule has 0 bridgehead atoms. The second kappa shape index (κ2) is 6.67. The average molecular weight is 318 g/mol. The average Bonchev–Trinajstić information content (AvgIpc) is 3.17. The van der Waals surface area contributed by atoms with Crippen molar-refractivity contribution in [2.75, 3.05) is 20.1 Å². The molecule has 1 amide bonds. The second-order valence-electron chi connectivity index (χ2n) is 5.77. The summed E-state index contributed by atoms with van der Waals surface area (Å²) in [5.41, 5.74) is 1.42. The molecule has 2 aromatic heterocycles. The number of thiophene rings is 1. The van der Waals surface area contributed by atoms with Gasteiger partial charge in [-0.15, -0.1) is 11.3 Å². The Morgan fingerprint density at radius 2 is 2.36 bits per heavy atom. The summed E-state index contributed by atoms with van der Waals surface area (Å²) < 4.78 is 5.32. The highest BCUT2D eigenvalue weighted by molar-refractivity contribution is 7.10. The fraction of sp³-hybridized carbons (Fsp3) is 0.471. The summed E-state index contributed by atoms with van der Waals surface area (Å²) in [6.45, 7) is 4.17. The number of rotatable bonds is 5. The molecule has 22 heavy (non-hydrogen) atoms. The van der Waals surface area contributed by atoms with Crippen LogP contribution < -0.4 is 0 Å². The lowest BCUT2D eigenvalue weighted by molar-refractivity contribution is -0.132. The van der Waals surface area contributed by atoms with E-state index in [2.05, 4.69) is 23.3 Å². The summed E-state index contributed by atoms with van der Waals surface area (Å²) in [6, 6.07) is 6.34. The van der Waals surface area contributed by atoms with Gasteiger partial charge in [-0.2, -0.15) is 0 Å². The van der Waals surface area contributed by atoms with Crippen LogP contribution in [0.2, 0.25) is 0 Å². The number of amides is 1. The molecule has 0 aliphatic carbocycles. The van der Waals surface area contributed by atoms with Crippen LogP contribution in [0.4, 0.5) is 0 Å². The van der Waals surface area contributed by atoms with E-state index in [1.807, 2.05) is 30.5 Å². The molecule has 1 aliphatic rings. The van der Waals surface area contributed by atoms with Gasteiger partial charge < -0.3 is 9.32 Å². The van der Waals surface area contributed by atoms with Gasteiger partial charge in [0, 0.05) is 24.5 Å². The molecule has 118 valence electrons. The van der Waals surface area contributed by atoms with Crippen LogP contribution in [0.3, 0.4) is 0 Å². The van der Waals surface area contributed by atoms with Gasteiger partial charge in [0.15, 0.2) is 0 Å². The zero-order valence-electron chi connectivity index (χ0n) is 13.1. The van der Waals surface area contributed by atoms with Gasteiger partial charge in [0.1, 0.15) is 5.76 Å². The van der Waals surface area contributed by atoms with Gasteiger partial charge in [0.05, 0.1) is 19.4 Å². The first-order valence-electron chi connectivity index (χ1n) is 7.75. The molecule has 0 unspecified atom stereocenters. The Labute approximate surface area is 135 Å². The second-order valence-corrected chi connectivity index (χ2v) is 6.77. The highest BCUT2D eigenvalue weighted by Crippen LogP contribution is 2.34. The zero-order valence-corrected chi connectivity index (χ0v) is 13.9. The molecule has 0 aromatic carbocycles. The third-order valence-electron chi connectivity index (χ3n) is 4.33. The Hall–Kier alpha value is -1.59. The molecule has 2 aromatic rings. The van der Waals surface area contributed by atoms with Gasteiger partial charge in [-0.25, -0.2) is 0 Å². The van der Waals surface area contributed by atoms with E-state index in [0.717, 1.165) is 25.1 Å². The normalized spacial score (nSPS) is 18.2. The Morgan fingerprint density at radius 1 is 1.50 bits per heavy atom. The van der Waals surface area contributed by atoms with Crippen LogP contribution in [-0.2, 0) is 17.8 Å². The van der Waals surface area contributed by atoms with Crippen LogP contribution in [0.5, 0.6) is 0 Å². The minimum Gasteiger partial charge on any atom is -0.467 e. The number of likely N-dealkylation sites (N-methyl/N-ethyl adjacent to an activating group) is 1. The first kappa shape index (κ1) is 15.3. The number of furan rings is 1. The van der Waals surface area contributed by atoms with Crippen molar-refractivity contribution < 1.29 is 9.21 Å². The fourth-order valence-corrected chi connectivity index (χ4v) is 4.06. The predicted molar refractivity (Wildman–Crippen MR) is 87.8 cm³/mol. The van der Waals surface area contributed by atoms with Crippen LogP contribution in [0.15, 0.2) is 34.3 Å².